The standard InChI is InChI=1S/C10H16N2/c1-3-5-6-9-12-10(4-2)7-8-11/h10,12H,4,6-7,9H2,1-2H3. The minimum atomic E-state index is 0.341. The second-order valence-electron chi connectivity index (χ2n) is 2.60. The van der Waals surface area contributed by atoms with Crippen LogP contribution in [0.5, 0.6) is 0 Å². The van der Waals surface area contributed by atoms with Gasteiger partial charge in [-0.1, -0.05) is 6.92 Å². The van der Waals surface area contributed by atoms with Crippen LogP contribution < -0.4 is 5.32 Å². The molecule has 0 rings (SSSR count). The van der Waals surface area contributed by atoms with E-state index in [9.17, 15) is 0 Å². The fraction of sp³-hybridized carbons (Fsp3) is 0.700. The van der Waals surface area contributed by atoms with Gasteiger partial charge in [-0.3, -0.25) is 0 Å². The molecular weight excluding hydrogens is 148 g/mol. The van der Waals surface area contributed by atoms with Crippen molar-refractivity contribution in [2.45, 2.75) is 39.2 Å². The van der Waals surface area contributed by atoms with E-state index in [0.717, 1.165) is 19.4 Å². The molecule has 1 atom stereocenters. The first kappa shape index (κ1) is 11.0. The summed E-state index contributed by atoms with van der Waals surface area (Å²) in [5, 5.41) is 11.7. The highest BCUT2D eigenvalue weighted by molar-refractivity contribution is 4.95. The Hall–Kier alpha value is -0.990. The molecule has 2 nitrogen and oxygen atoms in total. The highest BCUT2D eigenvalue weighted by atomic mass is 14.9. The third kappa shape index (κ3) is 5.77. The lowest BCUT2D eigenvalue weighted by Gasteiger charge is -2.11. The van der Waals surface area contributed by atoms with E-state index in [2.05, 4.69) is 30.2 Å². The molecule has 0 aliphatic heterocycles. The van der Waals surface area contributed by atoms with E-state index in [4.69, 9.17) is 5.26 Å². The van der Waals surface area contributed by atoms with E-state index in [1.807, 2.05) is 6.92 Å². The van der Waals surface area contributed by atoms with E-state index < -0.39 is 0 Å². The average Bonchev–Trinajstić information content (AvgIpc) is 2.10. The second-order valence-corrected chi connectivity index (χ2v) is 2.60. The van der Waals surface area contributed by atoms with Crippen LogP contribution in [0.4, 0.5) is 0 Å². The minimum absolute atomic E-state index is 0.341. The van der Waals surface area contributed by atoms with Crippen LogP contribution in [0.3, 0.4) is 0 Å². The second kappa shape index (κ2) is 8.11. The predicted octanol–water partition coefficient (Wildman–Crippen LogP) is 1.68. The lowest BCUT2D eigenvalue weighted by Crippen LogP contribution is -2.28. The third-order valence-corrected chi connectivity index (χ3v) is 1.69. The molecule has 66 valence electrons. The van der Waals surface area contributed by atoms with Gasteiger partial charge >= 0.3 is 0 Å². The van der Waals surface area contributed by atoms with Crippen LogP contribution >= 0.6 is 0 Å². The molecule has 0 heterocycles. The largest absolute Gasteiger partial charge is 0.312 e. The normalized spacial score (nSPS) is 11.1. The maximum absolute atomic E-state index is 8.45. The number of nitrogens with zero attached hydrogens (tertiary/aromatic N) is 1. The van der Waals surface area contributed by atoms with Crippen molar-refractivity contribution >= 4 is 0 Å². The van der Waals surface area contributed by atoms with E-state index in [-0.39, 0.29) is 0 Å². The molecule has 0 saturated heterocycles. The van der Waals surface area contributed by atoms with Crippen LogP contribution in [-0.2, 0) is 0 Å². The first-order chi connectivity index (χ1) is 5.85. The van der Waals surface area contributed by atoms with Gasteiger partial charge in [-0.2, -0.15) is 5.26 Å². The van der Waals surface area contributed by atoms with Gasteiger partial charge in [0.2, 0.25) is 0 Å². The maximum Gasteiger partial charge on any atom is 0.0638 e. The van der Waals surface area contributed by atoms with Gasteiger partial charge in [0.25, 0.3) is 0 Å². The molecule has 2 heteroatoms. The monoisotopic (exact) mass is 164 g/mol. The van der Waals surface area contributed by atoms with Gasteiger partial charge in [0, 0.05) is 19.0 Å². The van der Waals surface area contributed by atoms with Crippen molar-refractivity contribution in [3.63, 3.8) is 0 Å². The summed E-state index contributed by atoms with van der Waals surface area (Å²) in [5.41, 5.74) is 0. The smallest absolute Gasteiger partial charge is 0.0638 e. The fourth-order valence-electron chi connectivity index (χ4n) is 0.935. The quantitative estimate of drug-likeness (QED) is 0.495. The molecule has 0 amide bonds. The van der Waals surface area contributed by atoms with Gasteiger partial charge in [-0.05, 0) is 13.3 Å². The zero-order valence-electron chi connectivity index (χ0n) is 7.85. The molecule has 0 bridgehead atoms. The maximum atomic E-state index is 8.45. The number of rotatable bonds is 5. The Morgan fingerprint density at radius 1 is 1.50 bits per heavy atom. The highest BCUT2D eigenvalue weighted by Gasteiger charge is 2.01. The van der Waals surface area contributed by atoms with Crippen LogP contribution in [0.2, 0.25) is 0 Å². The Balaban J connectivity index is 3.43. The summed E-state index contributed by atoms with van der Waals surface area (Å²) in [6.07, 6.45) is 2.47. The summed E-state index contributed by atoms with van der Waals surface area (Å²) in [6.45, 7) is 4.81. The fourth-order valence-corrected chi connectivity index (χ4v) is 0.935. The Labute approximate surface area is 75.0 Å². The van der Waals surface area contributed by atoms with Gasteiger partial charge in [-0.25, -0.2) is 0 Å². The molecule has 0 aromatic heterocycles. The molecule has 1 N–H and O–H groups in total. The summed E-state index contributed by atoms with van der Waals surface area (Å²) in [4.78, 5) is 0. The van der Waals surface area contributed by atoms with Gasteiger partial charge < -0.3 is 5.32 Å². The highest BCUT2D eigenvalue weighted by Crippen LogP contribution is 1.95. The average molecular weight is 164 g/mol. The van der Waals surface area contributed by atoms with Crippen LogP contribution in [0.25, 0.3) is 0 Å². The van der Waals surface area contributed by atoms with Crippen molar-refractivity contribution in [2.24, 2.45) is 0 Å². The van der Waals surface area contributed by atoms with E-state index in [1.165, 1.54) is 0 Å². The SMILES string of the molecule is CC#CCCNC(CC)CC#N. The van der Waals surface area contributed by atoms with Gasteiger partial charge in [-0.15, -0.1) is 11.8 Å². The Kier molecular flexibility index (Phi) is 7.44. The van der Waals surface area contributed by atoms with Crippen molar-refractivity contribution < 1.29 is 0 Å². The van der Waals surface area contributed by atoms with Crippen molar-refractivity contribution in [1.82, 2.24) is 5.32 Å². The van der Waals surface area contributed by atoms with Crippen LogP contribution in [0, 0.1) is 23.2 Å². The Morgan fingerprint density at radius 2 is 2.25 bits per heavy atom. The van der Waals surface area contributed by atoms with E-state index in [0.29, 0.717) is 12.5 Å². The molecular formula is C10H16N2. The number of hydrogen-bond acceptors (Lipinski definition) is 2. The first-order valence-corrected chi connectivity index (χ1v) is 4.35. The molecule has 0 aliphatic carbocycles. The summed E-state index contributed by atoms with van der Waals surface area (Å²) in [7, 11) is 0. The Bertz CT molecular complexity index is 192. The third-order valence-electron chi connectivity index (χ3n) is 1.69. The molecule has 0 radical (unpaired) electrons. The topological polar surface area (TPSA) is 35.8 Å². The predicted molar refractivity (Wildman–Crippen MR) is 50.4 cm³/mol. The Morgan fingerprint density at radius 3 is 2.75 bits per heavy atom. The van der Waals surface area contributed by atoms with Crippen molar-refractivity contribution in [2.75, 3.05) is 6.54 Å². The number of nitrogens with one attached hydrogen (secondary N) is 1. The van der Waals surface area contributed by atoms with Crippen LogP contribution in [0.1, 0.15) is 33.1 Å². The summed E-state index contributed by atoms with van der Waals surface area (Å²) >= 11 is 0. The molecule has 0 fully saturated rings. The molecule has 0 aromatic carbocycles. The minimum Gasteiger partial charge on any atom is -0.312 e. The van der Waals surface area contributed by atoms with Crippen molar-refractivity contribution in [1.29, 1.82) is 5.26 Å². The molecule has 0 aliphatic rings. The zero-order chi connectivity index (χ0) is 9.23. The lowest BCUT2D eigenvalue weighted by atomic mass is 10.1. The van der Waals surface area contributed by atoms with Crippen molar-refractivity contribution in [3.8, 4) is 17.9 Å². The van der Waals surface area contributed by atoms with Gasteiger partial charge in [0.15, 0.2) is 0 Å². The number of nitriles is 1. The summed E-state index contributed by atoms with van der Waals surface area (Å²) < 4.78 is 0. The number of hydrogen-bond donors (Lipinski definition) is 1. The molecule has 0 spiro atoms. The zero-order valence-corrected chi connectivity index (χ0v) is 7.85. The molecule has 0 aromatic rings. The van der Waals surface area contributed by atoms with Crippen molar-refractivity contribution in [3.05, 3.63) is 0 Å². The molecule has 12 heavy (non-hydrogen) atoms. The molecule has 1 unspecified atom stereocenters. The first-order valence-electron chi connectivity index (χ1n) is 4.35. The van der Waals surface area contributed by atoms with E-state index in [1.54, 1.807) is 0 Å². The van der Waals surface area contributed by atoms with Crippen LogP contribution in [0.15, 0.2) is 0 Å². The van der Waals surface area contributed by atoms with E-state index >= 15 is 0 Å². The molecule has 0 saturated carbocycles. The lowest BCUT2D eigenvalue weighted by molar-refractivity contribution is 0.513. The van der Waals surface area contributed by atoms with Crippen LogP contribution in [-0.4, -0.2) is 12.6 Å². The summed E-state index contributed by atoms with van der Waals surface area (Å²) in [5.74, 6) is 5.81. The van der Waals surface area contributed by atoms with Gasteiger partial charge in [0.05, 0.1) is 12.5 Å². The summed E-state index contributed by atoms with van der Waals surface area (Å²) in [6, 6.07) is 2.50. The van der Waals surface area contributed by atoms with Gasteiger partial charge in [0.1, 0.15) is 0 Å².